The zero-order valence-corrected chi connectivity index (χ0v) is 12.1. The van der Waals surface area contributed by atoms with E-state index in [1.54, 1.807) is 0 Å². The molecular formula is C13H22OSi. The van der Waals surface area contributed by atoms with Crippen LogP contribution in [0.2, 0.25) is 0 Å². The first-order valence-corrected chi connectivity index (χ1v) is 6.55. The highest BCUT2D eigenvalue weighted by molar-refractivity contribution is 5.98. The molecule has 0 amide bonds. The quantitative estimate of drug-likeness (QED) is 0.531. The van der Waals surface area contributed by atoms with Crippen molar-refractivity contribution < 1.29 is 4.43 Å². The van der Waals surface area contributed by atoms with Gasteiger partial charge in [-0.3, -0.25) is 0 Å². The number of aryl methyl sites for hydroxylation is 1. The van der Waals surface area contributed by atoms with E-state index in [1.807, 2.05) is 0 Å². The van der Waals surface area contributed by atoms with Gasteiger partial charge in [-0.2, -0.15) is 0 Å². The molecule has 2 heteroatoms. The van der Waals surface area contributed by atoms with Crippen LogP contribution in [0.5, 0.6) is 0 Å². The van der Waals surface area contributed by atoms with Crippen molar-refractivity contribution in [2.45, 2.75) is 45.1 Å². The van der Waals surface area contributed by atoms with Crippen molar-refractivity contribution in [2.24, 2.45) is 0 Å². The van der Waals surface area contributed by atoms with Crippen molar-refractivity contribution in [3.05, 3.63) is 35.9 Å². The summed E-state index contributed by atoms with van der Waals surface area (Å²) in [5.74, 6) is 0. The zero-order chi connectivity index (χ0) is 11.1. The van der Waals surface area contributed by atoms with Crippen LogP contribution in [0.4, 0.5) is 0 Å². The maximum atomic E-state index is 5.53. The Kier molecular flexibility index (Phi) is 5.06. The van der Waals surface area contributed by atoms with Crippen molar-refractivity contribution >= 4 is 10.5 Å². The minimum absolute atomic E-state index is 0.100. The molecule has 1 aromatic rings. The van der Waals surface area contributed by atoms with Gasteiger partial charge in [-0.05, 0) is 38.7 Å². The van der Waals surface area contributed by atoms with Crippen molar-refractivity contribution in [3.63, 3.8) is 0 Å². The number of hydrogen-bond donors (Lipinski definition) is 0. The van der Waals surface area contributed by atoms with Crippen LogP contribution in [0.25, 0.3) is 0 Å². The molecule has 0 fully saturated rings. The van der Waals surface area contributed by atoms with Gasteiger partial charge in [0.2, 0.25) is 0 Å². The van der Waals surface area contributed by atoms with Crippen LogP contribution in [0, 0.1) is 0 Å². The van der Waals surface area contributed by atoms with Crippen LogP contribution in [0.3, 0.4) is 0 Å². The molecule has 84 valence electrons. The van der Waals surface area contributed by atoms with E-state index in [0.29, 0.717) is 0 Å². The van der Waals surface area contributed by atoms with Gasteiger partial charge in [0, 0.05) is 5.60 Å². The van der Waals surface area contributed by atoms with Gasteiger partial charge in [0.25, 0.3) is 0 Å². The second-order valence-electron chi connectivity index (χ2n) is 4.66. The van der Waals surface area contributed by atoms with Crippen molar-refractivity contribution in [3.8, 4) is 0 Å². The topological polar surface area (TPSA) is 9.23 Å². The maximum Gasteiger partial charge on any atom is 0.146 e. The number of hydrogen-bond acceptors (Lipinski definition) is 1. The standard InChI is InChI=1S/C13H22OSi/c1-13(2,14-15)11-7-6-10-12-8-4-3-5-9-12/h3-5,8-9H,6-7,10-11H2,1-2,15H3. The van der Waals surface area contributed by atoms with Crippen LogP contribution >= 0.6 is 0 Å². The highest BCUT2D eigenvalue weighted by Crippen LogP contribution is 2.17. The molecule has 15 heavy (non-hydrogen) atoms. The lowest BCUT2D eigenvalue weighted by Crippen LogP contribution is -2.22. The summed E-state index contributed by atoms with van der Waals surface area (Å²) in [6.45, 7) is 4.37. The van der Waals surface area contributed by atoms with E-state index in [1.165, 1.54) is 31.2 Å². The monoisotopic (exact) mass is 222 g/mol. The van der Waals surface area contributed by atoms with Crippen LogP contribution in [0.15, 0.2) is 30.3 Å². The van der Waals surface area contributed by atoms with Gasteiger partial charge in [0.05, 0.1) is 0 Å². The summed E-state index contributed by atoms with van der Waals surface area (Å²) < 4.78 is 5.53. The Balaban J connectivity index is 2.18. The van der Waals surface area contributed by atoms with Crippen LogP contribution < -0.4 is 0 Å². The third kappa shape index (κ3) is 5.14. The summed E-state index contributed by atoms with van der Waals surface area (Å²) >= 11 is 0. The summed E-state index contributed by atoms with van der Waals surface area (Å²) in [6, 6.07) is 10.7. The van der Waals surface area contributed by atoms with E-state index in [0.717, 1.165) is 10.5 Å². The van der Waals surface area contributed by atoms with E-state index in [-0.39, 0.29) is 5.60 Å². The Morgan fingerprint density at radius 3 is 2.40 bits per heavy atom. The molecule has 1 aromatic carbocycles. The maximum absolute atomic E-state index is 5.53. The average molecular weight is 222 g/mol. The fourth-order valence-corrected chi connectivity index (χ4v) is 1.83. The first kappa shape index (κ1) is 12.5. The highest BCUT2D eigenvalue weighted by atomic mass is 28.2. The van der Waals surface area contributed by atoms with Gasteiger partial charge in [0.15, 0.2) is 0 Å². The zero-order valence-electron chi connectivity index (χ0n) is 10.1. The molecule has 1 rings (SSSR count). The lowest BCUT2D eigenvalue weighted by molar-refractivity contribution is 0.109. The molecule has 0 heterocycles. The van der Waals surface area contributed by atoms with Gasteiger partial charge in [-0.25, -0.2) is 0 Å². The first-order valence-electron chi connectivity index (χ1n) is 5.73. The van der Waals surface area contributed by atoms with E-state index in [9.17, 15) is 0 Å². The molecule has 0 unspecified atom stereocenters. The largest absolute Gasteiger partial charge is 0.423 e. The Hall–Kier alpha value is -0.603. The minimum atomic E-state index is 0.100. The molecule has 0 saturated heterocycles. The van der Waals surface area contributed by atoms with E-state index < -0.39 is 0 Å². The fourth-order valence-electron chi connectivity index (χ4n) is 1.63. The van der Waals surface area contributed by atoms with Crippen molar-refractivity contribution in [1.82, 2.24) is 0 Å². The molecule has 0 aliphatic heterocycles. The number of unbranched alkanes of at least 4 members (excludes halogenated alkanes) is 1. The van der Waals surface area contributed by atoms with E-state index >= 15 is 0 Å². The normalized spacial score (nSPS) is 11.9. The van der Waals surface area contributed by atoms with Crippen LogP contribution in [-0.2, 0) is 10.8 Å². The van der Waals surface area contributed by atoms with Gasteiger partial charge in [-0.1, -0.05) is 36.8 Å². The Morgan fingerprint density at radius 2 is 1.80 bits per heavy atom. The predicted octanol–water partition coefficient (Wildman–Crippen LogP) is 2.48. The first-order chi connectivity index (χ1) is 7.14. The van der Waals surface area contributed by atoms with Crippen LogP contribution in [-0.4, -0.2) is 16.1 Å². The van der Waals surface area contributed by atoms with Crippen molar-refractivity contribution in [2.75, 3.05) is 0 Å². The highest BCUT2D eigenvalue weighted by Gasteiger charge is 2.14. The smallest absolute Gasteiger partial charge is 0.146 e. The summed E-state index contributed by atoms with van der Waals surface area (Å²) in [5, 5.41) is 0. The second-order valence-corrected chi connectivity index (χ2v) is 5.06. The predicted molar refractivity (Wildman–Crippen MR) is 69.1 cm³/mol. The van der Waals surface area contributed by atoms with Gasteiger partial charge < -0.3 is 4.43 Å². The second kappa shape index (κ2) is 6.08. The van der Waals surface area contributed by atoms with Gasteiger partial charge in [-0.15, -0.1) is 0 Å². The van der Waals surface area contributed by atoms with Gasteiger partial charge in [0.1, 0.15) is 10.5 Å². The summed E-state index contributed by atoms with van der Waals surface area (Å²) in [6.07, 6.45) is 4.88. The molecule has 0 aliphatic carbocycles. The molecule has 0 aromatic heterocycles. The molecule has 1 nitrogen and oxygen atoms in total. The minimum Gasteiger partial charge on any atom is -0.423 e. The molecular weight excluding hydrogens is 200 g/mol. The average Bonchev–Trinajstić information content (AvgIpc) is 2.26. The molecule has 0 spiro atoms. The lowest BCUT2D eigenvalue weighted by Gasteiger charge is -2.23. The van der Waals surface area contributed by atoms with E-state index in [4.69, 9.17) is 4.43 Å². The summed E-state index contributed by atoms with van der Waals surface area (Å²) in [4.78, 5) is 0. The molecule has 0 bridgehead atoms. The third-order valence-electron chi connectivity index (χ3n) is 2.89. The van der Waals surface area contributed by atoms with Crippen molar-refractivity contribution in [1.29, 1.82) is 0 Å². The summed E-state index contributed by atoms with van der Waals surface area (Å²) in [7, 11) is 0.841. The third-order valence-corrected chi connectivity index (χ3v) is 3.99. The molecule has 0 radical (unpaired) electrons. The molecule has 0 atom stereocenters. The number of rotatable bonds is 6. The Morgan fingerprint density at radius 1 is 1.13 bits per heavy atom. The lowest BCUT2D eigenvalue weighted by atomic mass is 9.99. The molecule has 0 N–H and O–H groups in total. The fraction of sp³-hybridized carbons (Fsp3) is 0.538. The van der Waals surface area contributed by atoms with E-state index in [2.05, 4.69) is 44.2 Å². The molecule has 0 saturated carbocycles. The summed E-state index contributed by atoms with van der Waals surface area (Å²) in [5.41, 5.74) is 1.55. The van der Waals surface area contributed by atoms with Crippen LogP contribution in [0.1, 0.15) is 38.7 Å². The Labute approximate surface area is 96.4 Å². The Bertz CT molecular complexity index is 269. The number of benzene rings is 1. The van der Waals surface area contributed by atoms with Gasteiger partial charge >= 0.3 is 0 Å². The SMILES string of the molecule is CC(C)(CCCCc1ccccc1)O[SiH3]. The molecule has 0 aliphatic rings.